The monoisotopic (exact) mass is 508 g/mol. The van der Waals surface area contributed by atoms with Crippen molar-refractivity contribution >= 4 is 46.8 Å². The first-order valence-electron chi connectivity index (χ1n) is 11.8. The molecule has 4 heterocycles. The molecule has 11 heteroatoms. The van der Waals surface area contributed by atoms with Crippen molar-refractivity contribution in [2.75, 3.05) is 36.8 Å². The van der Waals surface area contributed by atoms with Crippen LogP contribution in [0.4, 0.5) is 11.8 Å². The fraction of sp³-hybridized carbons (Fsp3) is 0.320. The van der Waals surface area contributed by atoms with Crippen molar-refractivity contribution in [1.82, 2.24) is 30.2 Å². The molecule has 0 saturated heterocycles. The van der Waals surface area contributed by atoms with E-state index in [1.807, 2.05) is 13.0 Å². The topological polar surface area (TPSA) is 133 Å². The molecule has 2 amide bonds. The predicted molar refractivity (Wildman–Crippen MR) is 140 cm³/mol. The van der Waals surface area contributed by atoms with Gasteiger partial charge in [-0.05, 0) is 43.3 Å². The molecule has 0 aromatic carbocycles. The second-order valence-corrected chi connectivity index (χ2v) is 8.76. The fourth-order valence-electron chi connectivity index (χ4n) is 4.17. The maximum atomic E-state index is 13.5. The van der Waals surface area contributed by atoms with Crippen LogP contribution in [0.1, 0.15) is 46.6 Å². The molecule has 0 bridgehead atoms. The van der Waals surface area contributed by atoms with E-state index in [1.54, 1.807) is 30.7 Å². The van der Waals surface area contributed by atoms with Crippen molar-refractivity contribution in [2.24, 2.45) is 0 Å². The molecule has 188 valence electrons. The van der Waals surface area contributed by atoms with E-state index in [0.29, 0.717) is 34.8 Å². The van der Waals surface area contributed by atoms with Gasteiger partial charge in [0.15, 0.2) is 5.82 Å². The number of carbonyl (C=O) groups excluding carboxylic acids is 2. The Balaban J connectivity index is 1.62. The number of carbonyl (C=O) groups is 2. The fourth-order valence-corrected chi connectivity index (χ4v) is 4.45. The summed E-state index contributed by atoms with van der Waals surface area (Å²) in [5.74, 6) is -0.157. The van der Waals surface area contributed by atoms with Gasteiger partial charge in [0, 0.05) is 37.4 Å². The Bertz CT molecular complexity index is 1300. The first kappa shape index (κ1) is 25.3. The highest BCUT2D eigenvalue weighted by molar-refractivity contribution is 6.41. The zero-order valence-corrected chi connectivity index (χ0v) is 21.3. The number of hydrogen-bond acceptors (Lipinski definition) is 7. The summed E-state index contributed by atoms with van der Waals surface area (Å²) in [5, 5.41) is 3.05. The SMILES string of the molecule is CCN(CC)CCNC(=O)c1c[nH]c(C=C2C(=O)N(Cc3cccnc3)c3nc(N)nc(Cl)c32)c1C. The van der Waals surface area contributed by atoms with Crippen molar-refractivity contribution in [3.63, 3.8) is 0 Å². The Kier molecular flexibility index (Phi) is 7.66. The standard InChI is InChI=1S/C25H29ClN8O2/c1-4-33(5-2)10-9-29-23(35)18-13-30-19(15(18)3)11-17-20-21(26)31-25(27)32-22(20)34(24(17)36)14-16-7-6-8-28-12-16/h6-8,11-13,30H,4-5,9-10,14H2,1-3H3,(H,29,35)(H2,27,31,32). The van der Waals surface area contributed by atoms with E-state index in [1.165, 1.54) is 4.90 Å². The van der Waals surface area contributed by atoms with E-state index < -0.39 is 0 Å². The van der Waals surface area contributed by atoms with Crippen molar-refractivity contribution in [3.05, 3.63) is 63.8 Å². The molecule has 3 aromatic heterocycles. The average Bonchev–Trinajstić information content (AvgIpc) is 3.35. The van der Waals surface area contributed by atoms with Gasteiger partial charge in [0.1, 0.15) is 5.15 Å². The number of rotatable bonds is 9. The number of amides is 2. The summed E-state index contributed by atoms with van der Waals surface area (Å²) in [7, 11) is 0. The molecule has 36 heavy (non-hydrogen) atoms. The van der Waals surface area contributed by atoms with Crippen molar-refractivity contribution in [3.8, 4) is 0 Å². The van der Waals surface area contributed by atoms with Crippen LogP contribution in [-0.4, -0.2) is 62.8 Å². The van der Waals surface area contributed by atoms with Gasteiger partial charge >= 0.3 is 0 Å². The Morgan fingerprint density at radius 3 is 2.78 bits per heavy atom. The molecule has 10 nitrogen and oxygen atoms in total. The molecule has 0 aliphatic carbocycles. The van der Waals surface area contributed by atoms with Crippen LogP contribution in [-0.2, 0) is 11.3 Å². The molecule has 0 spiro atoms. The lowest BCUT2D eigenvalue weighted by Gasteiger charge is -2.17. The Morgan fingerprint density at radius 1 is 1.31 bits per heavy atom. The van der Waals surface area contributed by atoms with E-state index in [4.69, 9.17) is 17.3 Å². The van der Waals surface area contributed by atoms with E-state index >= 15 is 0 Å². The molecule has 1 aliphatic heterocycles. The molecular weight excluding hydrogens is 480 g/mol. The average molecular weight is 509 g/mol. The number of hydrogen-bond donors (Lipinski definition) is 3. The maximum absolute atomic E-state index is 13.5. The van der Waals surface area contributed by atoms with E-state index in [-0.39, 0.29) is 29.5 Å². The minimum absolute atomic E-state index is 0.0243. The number of pyridine rings is 1. The van der Waals surface area contributed by atoms with Gasteiger partial charge in [-0.2, -0.15) is 4.98 Å². The second kappa shape index (κ2) is 10.9. The van der Waals surface area contributed by atoms with Gasteiger partial charge in [0.2, 0.25) is 5.95 Å². The van der Waals surface area contributed by atoms with Gasteiger partial charge in [0.05, 0.1) is 23.2 Å². The Morgan fingerprint density at radius 2 is 2.08 bits per heavy atom. The van der Waals surface area contributed by atoms with Crippen molar-refractivity contribution < 1.29 is 9.59 Å². The molecular formula is C25H29ClN8O2. The van der Waals surface area contributed by atoms with Crippen LogP contribution in [0.2, 0.25) is 5.15 Å². The minimum Gasteiger partial charge on any atom is -0.368 e. The molecule has 4 N–H and O–H groups in total. The van der Waals surface area contributed by atoms with Crippen LogP contribution in [0.5, 0.6) is 0 Å². The number of halogens is 1. The highest BCUT2D eigenvalue weighted by Crippen LogP contribution is 2.41. The molecule has 0 unspecified atom stereocenters. The Hall–Kier alpha value is -3.76. The first-order chi connectivity index (χ1) is 17.3. The molecule has 0 fully saturated rings. The summed E-state index contributed by atoms with van der Waals surface area (Å²) in [4.78, 5) is 45.6. The van der Waals surface area contributed by atoms with Crippen LogP contribution in [0.25, 0.3) is 11.6 Å². The zero-order chi connectivity index (χ0) is 25.8. The first-order valence-corrected chi connectivity index (χ1v) is 12.2. The zero-order valence-electron chi connectivity index (χ0n) is 20.5. The summed E-state index contributed by atoms with van der Waals surface area (Å²) in [5.41, 5.74) is 9.23. The van der Waals surface area contributed by atoms with E-state index in [0.717, 1.165) is 30.8 Å². The third-order valence-electron chi connectivity index (χ3n) is 6.25. The van der Waals surface area contributed by atoms with Gasteiger partial charge < -0.3 is 20.9 Å². The number of H-pyrrole nitrogens is 1. The summed E-state index contributed by atoms with van der Waals surface area (Å²) in [6.07, 6.45) is 6.67. The number of aromatic nitrogens is 4. The number of aromatic amines is 1. The number of nitrogens with zero attached hydrogens (tertiary/aromatic N) is 5. The number of nitrogen functional groups attached to an aromatic ring is 1. The number of likely N-dealkylation sites (N-methyl/N-ethyl adjacent to an activating group) is 1. The smallest absolute Gasteiger partial charge is 0.260 e. The van der Waals surface area contributed by atoms with Crippen LogP contribution in [0, 0.1) is 6.92 Å². The quantitative estimate of drug-likeness (QED) is 0.299. The molecule has 0 radical (unpaired) electrons. The lowest BCUT2D eigenvalue weighted by Crippen LogP contribution is -2.34. The number of nitrogens with one attached hydrogen (secondary N) is 2. The van der Waals surface area contributed by atoms with E-state index in [9.17, 15) is 9.59 Å². The lowest BCUT2D eigenvalue weighted by atomic mass is 10.1. The summed E-state index contributed by atoms with van der Waals surface area (Å²) in [6, 6.07) is 3.67. The van der Waals surface area contributed by atoms with Crippen LogP contribution in [0.3, 0.4) is 0 Å². The van der Waals surface area contributed by atoms with Gasteiger partial charge in [0.25, 0.3) is 11.8 Å². The maximum Gasteiger partial charge on any atom is 0.260 e. The summed E-state index contributed by atoms with van der Waals surface area (Å²) >= 11 is 6.43. The number of fused-ring (bicyclic) bond motifs is 1. The van der Waals surface area contributed by atoms with E-state index in [2.05, 4.69) is 44.0 Å². The van der Waals surface area contributed by atoms with Crippen molar-refractivity contribution in [2.45, 2.75) is 27.3 Å². The third kappa shape index (κ3) is 5.09. The van der Waals surface area contributed by atoms with Gasteiger partial charge in [-0.25, -0.2) is 4.98 Å². The molecule has 3 aromatic rings. The highest BCUT2D eigenvalue weighted by Gasteiger charge is 2.37. The second-order valence-electron chi connectivity index (χ2n) is 8.41. The van der Waals surface area contributed by atoms with Crippen LogP contribution < -0.4 is 16.0 Å². The number of nitrogens with two attached hydrogens (primary N) is 1. The minimum atomic E-state index is -0.296. The summed E-state index contributed by atoms with van der Waals surface area (Å²) in [6.45, 7) is 9.44. The highest BCUT2D eigenvalue weighted by atomic mass is 35.5. The molecule has 4 rings (SSSR count). The largest absolute Gasteiger partial charge is 0.368 e. The summed E-state index contributed by atoms with van der Waals surface area (Å²) < 4.78 is 0. The third-order valence-corrected chi connectivity index (χ3v) is 6.52. The normalized spacial score (nSPS) is 14.1. The lowest BCUT2D eigenvalue weighted by molar-refractivity contribution is -0.113. The van der Waals surface area contributed by atoms with Gasteiger partial charge in [-0.1, -0.05) is 31.5 Å². The molecule has 0 atom stereocenters. The van der Waals surface area contributed by atoms with Crippen LogP contribution >= 0.6 is 11.6 Å². The number of anilines is 2. The Labute approximate surface area is 214 Å². The van der Waals surface area contributed by atoms with Gasteiger partial charge in [-0.3, -0.25) is 19.5 Å². The predicted octanol–water partition coefficient (Wildman–Crippen LogP) is 2.90. The molecule has 0 saturated carbocycles. The molecule has 1 aliphatic rings. The van der Waals surface area contributed by atoms with Gasteiger partial charge in [-0.15, -0.1) is 0 Å². The van der Waals surface area contributed by atoms with Crippen molar-refractivity contribution in [1.29, 1.82) is 0 Å². The van der Waals surface area contributed by atoms with Crippen LogP contribution in [0.15, 0.2) is 30.7 Å².